The Balaban J connectivity index is 5.18. The van der Waals surface area contributed by atoms with E-state index in [1.54, 1.807) is 13.0 Å². The van der Waals surface area contributed by atoms with Gasteiger partial charge in [0.1, 0.15) is 6.07 Å². The number of nitro groups is 1. The predicted molar refractivity (Wildman–Crippen MR) is 50.1 cm³/mol. The van der Waals surface area contributed by atoms with E-state index in [9.17, 15) is 10.1 Å². The summed E-state index contributed by atoms with van der Waals surface area (Å²) < 4.78 is 0. The van der Waals surface area contributed by atoms with Crippen LogP contribution in [0.5, 0.6) is 0 Å². The summed E-state index contributed by atoms with van der Waals surface area (Å²) in [5.41, 5.74) is 0.209. The van der Waals surface area contributed by atoms with Crippen LogP contribution in [0, 0.1) is 21.4 Å². The highest BCUT2D eigenvalue weighted by Gasteiger charge is 2.15. The van der Waals surface area contributed by atoms with E-state index in [2.05, 4.69) is 4.99 Å². The maximum Gasteiger partial charge on any atom is 0.365 e. The van der Waals surface area contributed by atoms with Gasteiger partial charge in [0, 0.05) is 12.0 Å². The van der Waals surface area contributed by atoms with E-state index in [1.807, 2.05) is 0 Å². The lowest BCUT2D eigenvalue weighted by Gasteiger charge is -1.96. The molecule has 0 saturated carbocycles. The van der Waals surface area contributed by atoms with Crippen LogP contribution in [0.15, 0.2) is 16.4 Å². The molecule has 0 aliphatic rings. The van der Waals surface area contributed by atoms with Gasteiger partial charge in [0.25, 0.3) is 0 Å². The van der Waals surface area contributed by atoms with E-state index in [0.717, 1.165) is 0 Å². The van der Waals surface area contributed by atoms with Gasteiger partial charge in [-0.05, 0) is 16.8 Å². The molecule has 0 saturated heterocycles. The van der Waals surface area contributed by atoms with Crippen molar-refractivity contribution in [1.82, 2.24) is 0 Å². The fourth-order valence-electron chi connectivity index (χ4n) is 0.674. The molecule has 76 valence electrons. The van der Waals surface area contributed by atoms with Gasteiger partial charge in [0.05, 0.1) is 6.61 Å². The summed E-state index contributed by atoms with van der Waals surface area (Å²) in [4.78, 5) is 13.3. The molecule has 0 aromatic carbocycles. The third-order valence-electron chi connectivity index (χ3n) is 1.50. The Morgan fingerprint density at radius 2 is 2.29 bits per heavy atom. The molecule has 0 atom stereocenters. The fourth-order valence-corrected chi connectivity index (χ4v) is 0.674. The molecular formula is C8H11N3O3. The van der Waals surface area contributed by atoms with Crippen molar-refractivity contribution in [3.63, 3.8) is 0 Å². The molecule has 14 heavy (non-hydrogen) atoms. The van der Waals surface area contributed by atoms with Crippen molar-refractivity contribution in [2.75, 3.05) is 6.61 Å². The number of aliphatic hydroxyl groups excluding tert-OH is 1. The Bertz CT molecular complexity index is 325. The summed E-state index contributed by atoms with van der Waals surface area (Å²) in [6.45, 7) is 2.63. The third-order valence-corrected chi connectivity index (χ3v) is 1.50. The second-order valence-electron chi connectivity index (χ2n) is 2.54. The molecule has 0 amide bonds. The van der Waals surface area contributed by atoms with Gasteiger partial charge in [-0.1, -0.05) is 6.92 Å². The molecular weight excluding hydrogens is 186 g/mol. The van der Waals surface area contributed by atoms with Crippen molar-refractivity contribution >= 4 is 5.71 Å². The van der Waals surface area contributed by atoms with Crippen molar-refractivity contribution in [3.8, 4) is 6.07 Å². The zero-order valence-corrected chi connectivity index (χ0v) is 8.02. The minimum absolute atomic E-state index is 0.0736. The maximum atomic E-state index is 10.5. The first kappa shape index (κ1) is 12.3. The molecule has 0 aliphatic heterocycles. The Morgan fingerprint density at radius 3 is 2.57 bits per heavy atom. The van der Waals surface area contributed by atoms with Crippen LogP contribution in [0.3, 0.4) is 0 Å². The number of nitriles is 1. The van der Waals surface area contributed by atoms with Crippen molar-refractivity contribution in [3.05, 3.63) is 21.5 Å². The Hall–Kier alpha value is -1.74. The first-order valence-electron chi connectivity index (χ1n) is 3.99. The second kappa shape index (κ2) is 5.83. The smallest absolute Gasteiger partial charge is 0.365 e. The van der Waals surface area contributed by atoms with Crippen LogP contribution in [-0.2, 0) is 0 Å². The lowest BCUT2D eigenvalue weighted by Crippen LogP contribution is -2.05. The van der Waals surface area contributed by atoms with Gasteiger partial charge in [-0.25, -0.2) is 0 Å². The summed E-state index contributed by atoms with van der Waals surface area (Å²) in [5, 5.41) is 27.7. The molecule has 0 aliphatic carbocycles. The molecule has 0 aromatic heterocycles. The summed E-state index contributed by atoms with van der Waals surface area (Å²) >= 11 is 0. The third kappa shape index (κ3) is 3.33. The normalized spacial score (nSPS) is 13.1. The van der Waals surface area contributed by atoms with E-state index in [1.165, 1.54) is 6.92 Å². The average Bonchev–Trinajstić information content (AvgIpc) is 2.18. The average molecular weight is 197 g/mol. The Kier molecular flexibility index (Phi) is 5.10. The van der Waals surface area contributed by atoms with Crippen LogP contribution >= 0.6 is 0 Å². The molecule has 0 fully saturated rings. The zero-order chi connectivity index (χ0) is 11.1. The Labute approximate surface area is 81.3 Å². The molecule has 0 unspecified atom stereocenters. The van der Waals surface area contributed by atoms with E-state index < -0.39 is 17.4 Å². The van der Waals surface area contributed by atoms with Crippen LogP contribution in [0.2, 0.25) is 0 Å². The lowest BCUT2D eigenvalue weighted by atomic mass is 10.3. The van der Waals surface area contributed by atoms with Crippen molar-refractivity contribution in [1.29, 1.82) is 5.26 Å². The van der Waals surface area contributed by atoms with E-state index >= 15 is 0 Å². The summed E-state index contributed by atoms with van der Waals surface area (Å²) in [6.07, 6.45) is 0.326. The lowest BCUT2D eigenvalue weighted by molar-refractivity contribution is -0.427. The summed E-state index contributed by atoms with van der Waals surface area (Å²) in [6, 6.07) is 1.75. The molecule has 0 radical (unpaired) electrons. The second-order valence-corrected chi connectivity index (χ2v) is 2.54. The first-order valence-corrected chi connectivity index (χ1v) is 3.99. The van der Waals surface area contributed by atoms with E-state index in [0.29, 0.717) is 6.42 Å². The monoisotopic (exact) mass is 197 g/mol. The summed E-state index contributed by atoms with van der Waals surface area (Å²) in [7, 11) is 0. The highest BCUT2D eigenvalue weighted by atomic mass is 16.6. The summed E-state index contributed by atoms with van der Waals surface area (Å²) in [5.74, 6) is -0.453. The number of nitrogens with zero attached hydrogens (tertiary/aromatic N) is 3. The van der Waals surface area contributed by atoms with Crippen LogP contribution in [0.25, 0.3) is 0 Å². The number of rotatable bonds is 4. The quantitative estimate of drug-likeness (QED) is 0.410. The van der Waals surface area contributed by atoms with Crippen LogP contribution in [0.1, 0.15) is 20.3 Å². The fraction of sp³-hybridized carbons (Fsp3) is 0.500. The number of hydrogen-bond donors (Lipinski definition) is 1. The van der Waals surface area contributed by atoms with Gasteiger partial charge in [0.15, 0.2) is 0 Å². The molecule has 0 spiro atoms. The number of hydrogen-bond acceptors (Lipinski definition) is 5. The van der Waals surface area contributed by atoms with Gasteiger partial charge >= 0.3 is 5.82 Å². The van der Waals surface area contributed by atoms with Crippen molar-refractivity contribution < 1.29 is 10.0 Å². The van der Waals surface area contributed by atoms with Crippen molar-refractivity contribution in [2.24, 2.45) is 4.99 Å². The minimum atomic E-state index is -0.710. The predicted octanol–water partition coefficient (Wildman–Crippen LogP) is 0.861. The van der Waals surface area contributed by atoms with Gasteiger partial charge in [-0.15, -0.1) is 0 Å². The SMILES string of the molecule is CC/C(C#N)=N\C(=C(/C)CO)[N+](=O)[O-]. The molecule has 0 bridgehead atoms. The number of aliphatic imine (C=N–C) groups is 1. The largest absolute Gasteiger partial charge is 0.392 e. The van der Waals surface area contributed by atoms with Crippen LogP contribution in [-0.4, -0.2) is 22.3 Å². The molecule has 6 heteroatoms. The van der Waals surface area contributed by atoms with Gasteiger partial charge in [-0.3, -0.25) is 0 Å². The highest BCUT2D eigenvalue weighted by molar-refractivity contribution is 5.98. The zero-order valence-electron chi connectivity index (χ0n) is 8.02. The standard InChI is InChI=1S/C8H11N3O3/c1-3-7(4-9)10-8(11(13)14)6(2)5-12/h12H,3,5H2,1-2H3/b8-6-,10-7+. The molecule has 6 nitrogen and oxygen atoms in total. The minimum Gasteiger partial charge on any atom is -0.392 e. The van der Waals surface area contributed by atoms with Gasteiger partial charge in [-0.2, -0.15) is 5.26 Å². The van der Waals surface area contributed by atoms with Crippen LogP contribution in [0.4, 0.5) is 0 Å². The van der Waals surface area contributed by atoms with Gasteiger partial charge in [0.2, 0.25) is 5.71 Å². The molecule has 0 aromatic rings. The Morgan fingerprint density at radius 1 is 1.71 bits per heavy atom. The molecule has 1 N–H and O–H groups in total. The van der Waals surface area contributed by atoms with E-state index in [-0.39, 0.29) is 11.3 Å². The maximum absolute atomic E-state index is 10.5. The number of aliphatic hydroxyl groups is 1. The van der Waals surface area contributed by atoms with Crippen molar-refractivity contribution in [2.45, 2.75) is 20.3 Å². The van der Waals surface area contributed by atoms with Gasteiger partial charge < -0.3 is 15.2 Å². The van der Waals surface area contributed by atoms with E-state index in [4.69, 9.17) is 10.4 Å². The topological polar surface area (TPSA) is 99.5 Å². The molecule has 0 heterocycles. The molecule has 0 rings (SSSR count). The first-order chi connectivity index (χ1) is 6.56. The highest BCUT2D eigenvalue weighted by Crippen LogP contribution is 2.07. The van der Waals surface area contributed by atoms with Crippen LogP contribution < -0.4 is 0 Å².